The van der Waals surface area contributed by atoms with Gasteiger partial charge in [-0.15, -0.1) is 11.3 Å². The molecule has 5 nitrogen and oxygen atoms in total. The molecular weight excluding hydrogens is 384 g/mol. The van der Waals surface area contributed by atoms with Gasteiger partial charge in [0.2, 0.25) is 11.8 Å². The molecule has 2 fully saturated rings. The molecular formula is C23H28N2O3S. The largest absolute Gasteiger partial charge is 0.381 e. The molecule has 0 radical (unpaired) electrons. The van der Waals surface area contributed by atoms with Gasteiger partial charge in [-0.3, -0.25) is 9.59 Å². The molecule has 6 heteroatoms. The first-order valence-electron chi connectivity index (χ1n) is 10.4. The fourth-order valence-corrected chi connectivity index (χ4v) is 5.46. The minimum atomic E-state index is -0.481. The second kappa shape index (κ2) is 8.67. The lowest BCUT2D eigenvalue weighted by Gasteiger charge is -2.42. The Bertz CT molecular complexity index is 859. The van der Waals surface area contributed by atoms with E-state index >= 15 is 0 Å². The van der Waals surface area contributed by atoms with Crippen LogP contribution < -0.4 is 5.73 Å². The Hall–Kier alpha value is -2.18. The number of hydrogen-bond acceptors (Lipinski definition) is 4. The van der Waals surface area contributed by atoms with E-state index in [0.29, 0.717) is 45.6 Å². The number of piperidine rings is 1. The minimum Gasteiger partial charge on any atom is -0.381 e. The van der Waals surface area contributed by atoms with E-state index in [1.165, 1.54) is 16.0 Å². The number of primary amides is 1. The molecule has 154 valence electrons. The number of nitrogens with two attached hydrogens (primary N) is 1. The van der Waals surface area contributed by atoms with Gasteiger partial charge in [-0.25, -0.2) is 0 Å². The van der Waals surface area contributed by atoms with Gasteiger partial charge >= 0.3 is 0 Å². The SMILES string of the molecule is NC(=O)[C@@H]1CCCN(C(=O)C2(Cc3ccccc3-c3cccs3)CCOCC2)C1. The van der Waals surface area contributed by atoms with Crippen LogP contribution in [0.4, 0.5) is 0 Å². The molecule has 2 saturated heterocycles. The molecule has 1 aromatic heterocycles. The van der Waals surface area contributed by atoms with Gasteiger partial charge in [0.1, 0.15) is 0 Å². The van der Waals surface area contributed by atoms with Crippen LogP contribution >= 0.6 is 11.3 Å². The average molecular weight is 413 g/mol. The standard InChI is InChI=1S/C23H28N2O3S/c24-21(26)18-6-3-11-25(16-18)22(27)23(9-12-28-13-10-23)15-17-5-1-2-7-19(17)20-8-4-14-29-20/h1-2,4-5,7-8,14,18H,3,6,9-13,15-16H2,(H2,24,26)/t18-/m1/s1. The van der Waals surface area contributed by atoms with Gasteiger partial charge in [0.15, 0.2) is 0 Å². The molecule has 0 aliphatic carbocycles. The third kappa shape index (κ3) is 4.23. The zero-order valence-corrected chi connectivity index (χ0v) is 17.5. The van der Waals surface area contributed by atoms with Gasteiger partial charge in [-0.1, -0.05) is 30.3 Å². The lowest BCUT2D eigenvalue weighted by atomic mass is 9.72. The fraction of sp³-hybridized carbons (Fsp3) is 0.478. The molecule has 2 aromatic rings. The van der Waals surface area contributed by atoms with Crippen LogP contribution in [-0.4, -0.2) is 43.0 Å². The number of benzene rings is 1. The molecule has 1 atom stereocenters. The Morgan fingerprint density at radius 2 is 1.97 bits per heavy atom. The number of ether oxygens (including phenoxy) is 1. The van der Waals surface area contributed by atoms with Crippen LogP contribution in [0, 0.1) is 11.3 Å². The third-order valence-corrected chi connectivity index (χ3v) is 7.25. The molecule has 0 bridgehead atoms. The summed E-state index contributed by atoms with van der Waals surface area (Å²) in [6.07, 6.45) is 3.72. The van der Waals surface area contributed by atoms with E-state index in [1.54, 1.807) is 11.3 Å². The number of likely N-dealkylation sites (tertiary alicyclic amines) is 1. The molecule has 0 saturated carbocycles. The van der Waals surface area contributed by atoms with Crippen LogP contribution in [0.2, 0.25) is 0 Å². The van der Waals surface area contributed by atoms with Crippen LogP contribution in [0.25, 0.3) is 10.4 Å². The molecule has 2 aliphatic heterocycles. The Balaban J connectivity index is 1.63. The zero-order chi connectivity index (χ0) is 20.3. The van der Waals surface area contributed by atoms with Crippen LogP contribution in [0.15, 0.2) is 41.8 Å². The monoisotopic (exact) mass is 412 g/mol. The summed E-state index contributed by atoms with van der Waals surface area (Å²) in [6, 6.07) is 12.6. The van der Waals surface area contributed by atoms with Gasteiger partial charge in [-0.2, -0.15) is 0 Å². The van der Waals surface area contributed by atoms with Gasteiger partial charge in [0, 0.05) is 31.2 Å². The first kappa shape index (κ1) is 20.1. The molecule has 0 spiro atoms. The predicted molar refractivity (Wildman–Crippen MR) is 114 cm³/mol. The number of amides is 2. The quantitative estimate of drug-likeness (QED) is 0.817. The second-order valence-electron chi connectivity index (χ2n) is 8.20. The van der Waals surface area contributed by atoms with Gasteiger partial charge in [0.05, 0.1) is 11.3 Å². The van der Waals surface area contributed by atoms with Crippen molar-refractivity contribution in [1.29, 1.82) is 0 Å². The summed E-state index contributed by atoms with van der Waals surface area (Å²) in [7, 11) is 0. The summed E-state index contributed by atoms with van der Waals surface area (Å²) in [6.45, 7) is 2.35. The number of carbonyl (C=O) groups is 2. The minimum absolute atomic E-state index is 0.160. The van der Waals surface area contributed by atoms with E-state index in [1.807, 2.05) is 11.0 Å². The van der Waals surface area contributed by atoms with Crippen molar-refractivity contribution in [3.8, 4) is 10.4 Å². The van der Waals surface area contributed by atoms with Crippen LogP contribution in [0.5, 0.6) is 0 Å². The van der Waals surface area contributed by atoms with Crippen LogP contribution in [0.1, 0.15) is 31.2 Å². The topological polar surface area (TPSA) is 72.6 Å². The normalized spacial score (nSPS) is 21.7. The van der Waals surface area contributed by atoms with E-state index in [4.69, 9.17) is 10.5 Å². The van der Waals surface area contributed by atoms with Crippen LogP contribution in [-0.2, 0) is 20.7 Å². The lowest BCUT2D eigenvalue weighted by Crippen LogP contribution is -2.52. The highest BCUT2D eigenvalue weighted by molar-refractivity contribution is 7.13. The third-order valence-electron chi connectivity index (χ3n) is 6.35. The average Bonchev–Trinajstić information content (AvgIpc) is 3.29. The van der Waals surface area contributed by atoms with Crippen molar-refractivity contribution in [2.24, 2.45) is 17.1 Å². The Morgan fingerprint density at radius 1 is 1.17 bits per heavy atom. The van der Waals surface area contributed by atoms with Crippen molar-refractivity contribution < 1.29 is 14.3 Å². The van der Waals surface area contributed by atoms with E-state index in [2.05, 4.69) is 35.7 Å². The van der Waals surface area contributed by atoms with Crippen molar-refractivity contribution in [3.05, 3.63) is 47.3 Å². The van der Waals surface area contributed by atoms with Crippen LogP contribution in [0.3, 0.4) is 0 Å². The highest BCUT2D eigenvalue weighted by Gasteiger charge is 2.44. The number of rotatable bonds is 5. The summed E-state index contributed by atoms with van der Waals surface area (Å²) in [5.74, 6) is -0.373. The maximum absolute atomic E-state index is 13.8. The van der Waals surface area contributed by atoms with Crippen molar-refractivity contribution in [3.63, 3.8) is 0 Å². The first-order valence-corrected chi connectivity index (χ1v) is 11.3. The van der Waals surface area contributed by atoms with Gasteiger partial charge in [0.25, 0.3) is 0 Å². The summed E-state index contributed by atoms with van der Waals surface area (Å²) >= 11 is 1.72. The molecule has 0 unspecified atom stereocenters. The van der Waals surface area contributed by atoms with Crippen molar-refractivity contribution >= 4 is 23.2 Å². The smallest absolute Gasteiger partial charge is 0.229 e. The Kier molecular flexibility index (Phi) is 6.01. The van der Waals surface area contributed by atoms with E-state index < -0.39 is 5.41 Å². The van der Waals surface area contributed by atoms with Gasteiger partial charge < -0.3 is 15.4 Å². The summed E-state index contributed by atoms with van der Waals surface area (Å²) in [5, 5.41) is 2.08. The first-order chi connectivity index (χ1) is 14.1. The van der Waals surface area contributed by atoms with Crippen molar-refractivity contribution in [2.75, 3.05) is 26.3 Å². The number of hydrogen-bond donors (Lipinski definition) is 1. The molecule has 3 heterocycles. The number of thiophene rings is 1. The lowest BCUT2D eigenvalue weighted by molar-refractivity contribution is -0.150. The highest BCUT2D eigenvalue weighted by Crippen LogP contribution is 2.40. The maximum Gasteiger partial charge on any atom is 0.229 e. The maximum atomic E-state index is 13.8. The number of carbonyl (C=O) groups excluding carboxylic acids is 2. The van der Waals surface area contributed by atoms with Crippen molar-refractivity contribution in [1.82, 2.24) is 4.90 Å². The van der Waals surface area contributed by atoms with E-state index in [0.717, 1.165) is 12.8 Å². The van der Waals surface area contributed by atoms with Crippen molar-refractivity contribution in [2.45, 2.75) is 32.1 Å². The molecule has 29 heavy (non-hydrogen) atoms. The summed E-state index contributed by atoms with van der Waals surface area (Å²) in [5.41, 5.74) is 7.47. The molecule has 4 rings (SSSR count). The fourth-order valence-electron chi connectivity index (χ4n) is 4.67. The zero-order valence-electron chi connectivity index (χ0n) is 16.6. The Morgan fingerprint density at radius 3 is 2.69 bits per heavy atom. The summed E-state index contributed by atoms with van der Waals surface area (Å²) < 4.78 is 5.62. The molecule has 2 N–H and O–H groups in total. The summed E-state index contributed by atoms with van der Waals surface area (Å²) in [4.78, 5) is 28.6. The predicted octanol–water partition coefficient (Wildman–Crippen LogP) is 3.48. The van der Waals surface area contributed by atoms with E-state index in [-0.39, 0.29) is 17.7 Å². The molecule has 2 amide bonds. The number of nitrogens with zero attached hydrogens (tertiary/aromatic N) is 1. The Labute approximate surface area is 175 Å². The van der Waals surface area contributed by atoms with E-state index in [9.17, 15) is 9.59 Å². The van der Waals surface area contributed by atoms with Gasteiger partial charge in [-0.05, 0) is 54.7 Å². The molecule has 2 aliphatic rings. The second-order valence-corrected chi connectivity index (χ2v) is 9.14. The molecule has 1 aromatic carbocycles. The highest BCUT2D eigenvalue weighted by atomic mass is 32.1.